The van der Waals surface area contributed by atoms with E-state index in [1.807, 2.05) is 53.6 Å². The van der Waals surface area contributed by atoms with Crippen LogP contribution in [0.3, 0.4) is 0 Å². The number of nitrogens with one attached hydrogen (secondary N) is 1. The predicted molar refractivity (Wildman–Crippen MR) is 125 cm³/mol. The molecule has 2 aromatic heterocycles. The first kappa shape index (κ1) is 22.2. The number of benzene rings is 1. The zero-order chi connectivity index (χ0) is 22.7. The van der Waals surface area contributed by atoms with Crippen LogP contribution in [0.4, 0.5) is 0 Å². The summed E-state index contributed by atoms with van der Waals surface area (Å²) in [6.07, 6.45) is 0.315. The third kappa shape index (κ3) is 4.61. The normalized spacial score (nSPS) is 14.9. The highest BCUT2D eigenvalue weighted by atomic mass is 32.1. The Morgan fingerprint density at radius 2 is 1.94 bits per heavy atom. The van der Waals surface area contributed by atoms with Crippen LogP contribution >= 0.6 is 23.6 Å². The lowest BCUT2D eigenvalue weighted by Crippen LogP contribution is -2.52. The lowest BCUT2D eigenvalue weighted by Gasteiger charge is -2.36. The summed E-state index contributed by atoms with van der Waals surface area (Å²) in [7, 11) is 1.61. The van der Waals surface area contributed by atoms with Crippen LogP contribution in [0.15, 0.2) is 41.8 Å². The van der Waals surface area contributed by atoms with Gasteiger partial charge in [0.25, 0.3) is 0 Å². The molecule has 32 heavy (non-hydrogen) atoms. The number of ether oxygens (including phenoxy) is 1. The Hall–Kier alpha value is -2.98. The fourth-order valence-corrected chi connectivity index (χ4v) is 4.86. The predicted octanol–water partition coefficient (Wildman–Crippen LogP) is 3.15. The van der Waals surface area contributed by atoms with Gasteiger partial charge < -0.3 is 14.5 Å². The van der Waals surface area contributed by atoms with Crippen LogP contribution in [-0.4, -0.2) is 69.7 Å². The van der Waals surface area contributed by atoms with E-state index in [1.54, 1.807) is 27.9 Å². The minimum absolute atomic E-state index is 0.0276. The quantitative estimate of drug-likeness (QED) is 0.559. The van der Waals surface area contributed by atoms with E-state index >= 15 is 0 Å². The summed E-state index contributed by atoms with van der Waals surface area (Å²) >= 11 is 6.94. The number of aromatic nitrogens is 3. The van der Waals surface area contributed by atoms with Crippen molar-refractivity contribution in [2.45, 2.75) is 19.4 Å². The van der Waals surface area contributed by atoms with Gasteiger partial charge in [0.15, 0.2) is 10.6 Å². The summed E-state index contributed by atoms with van der Waals surface area (Å²) in [5.41, 5.74) is 0.914. The number of hydrogen-bond donors (Lipinski definition) is 1. The zero-order valence-electron chi connectivity index (χ0n) is 18.0. The van der Waals surface area contributed by atoms with E-state index in [4.69, 9.17) is 17.0 Å². The van der Waals surface area contributed by atoms with E-state index in [0.29, 0.717) is 43.2 Å². The highest BCUT2D eigenvalue weighted by molar-refractivity contribution is 7.71. The fourth-order valence-electron chi connectivity index (χ4n) is 3.86. The molecule has 1 N–H and O–H groups in total. The minimum atomic E-state index is -0.489. The largest absolute Gasteiger partial charge is 0.497 e. The monoisotopic (exact) mass is 471 g/mol. The molecule has 10 heteroatoms. The molecular weight excluding hydrogens is 446 g/mol. The first-order valence-electron chi connectivity index (χ1n) is 10.4. The highest BCUT2D eigenvalue weighted by Crippen LogP contribution is 2.26. The Bertz CT molecular complexity index is 1150. The van der Waals surface area contributed by atoms with E-state index in [9.17, 15) is 9.59 Å². The van der Waals surface area contributed by atoms with E-state index < -0.39 is 6.04 Å². The third-order valence-electron chi connectivity index (χ3n) is 5.62. The number of carbonyl (C=O) groups excluding carboxylic acids is 2. The van der Waals surface area contributed by atoms with Crippen molar-refractivity contribution in [1.82, 2.24) is 24.6 Å². The molecule has 0 saturated carbocycles. The Balaban J connectivity index is 1.38. The molecule has 1 aliphatic rings. The van der Waals surface area contributed by atoms with Gasteiger partial charge in [0.2, 0.25) is 11.8 Å². The maximum absolute atomic E-state index is 13.2. The van der Waals surface area contributed by atoms with Crippen LogP contribution in [-0.2, 0) is 16.0 Å². The molecule has 168 valence electrons. The molecule has 1 aromatic carbocycles. The summed E-state index contributed by atoms with van der Waals surface area (Å²) in [6, 6.07) is 10.9. The lowest BCUT2D eigenvalue weighted by atomic mass is 10.1. The Labute approximate surface area is 195 Å². The van der Waals surface area contributed by atoms with Crippen molar-refractivity contribution in [2.24, 2.45) is 0 Å². The first-order valence-corrected chi connectivity index (χ1v) is 11.7. The molecule has 0 aliphatic carbocycles. The molecule has 1 fully saturated rings. The summed E-state index contributed by atoms with van der Waals surface area (Å²) in [5.74, 6) is 1.42. The van der Waals surface area contributed by atoms with Crippen LogP contribution in [0, 0.1) is 4.77 Å². The SMILES string of the molecule is COc1cccc(CC(=O)N2CCN(C(=O)C(C)n3c(-c4cccs4)n[nH]c3=S)CC2)c1. The van der Waals surface area contributed by atoms with Crippen LogP contribution < -0.4 is 4.74 Å². The maximum Gasteiger partial charge on any atom is 0.245 e. The van der Waals surface area contributed by atoms with Crippen molar-refractivity contribution < 1.29 is 14.3 Å². The summed E-state index contributed by atoms with van der Waals surface area (Å²) < 4.78 is 7.42. The number of hydrogen-bond acceptors (Lipinski definition) is 6. The standard InChI is InChI=1S/C22H25N5O3S2/c1-15(27-20(23-24-22(27)31)18-7-4-12-32-18)21(29)26-10-8-25(9-11-26)19(28)14-16-5-3-6-17(13-16)30-2/h3-7,12-13,15H,8-11,14H2,1-2H3,(H,24,31). The number of methoxy groups -OCH3 is 1. The van der Waals surface area contributed by atoms with Gasteiger partial charge in [-0.05, 0) is 48.3 Å². The summed E-state index contributed by atoms with van der Waals surface area (Å²) in [4.78, 5) is 30.5. The van der Waals surface area contributed by atoms with Gasteiger partial charge in [-0.3, -0.25) is 19.3 Å². The molecule has 8 nitrogen and oxygen atoms in total. The Morgan fingerprint density at radius 1 is 1.19 bits per heavy atom. The molecule has 3 aromatic rings. The molecule has 3 heterocycles. The van der Waals surface area contributed by atoms with E-state index in [0.717, 1.165) is 16.2 Å². The zero-order valence-corrected chi connectivity index (χ0v) is 19.6. The molecular formula is C22H25N5O3S2. The van der Waals surface area contributed by atoms with Crippen LogP contribution in [0.2, 0.25) is 0 Å². The number of thiophene rings is 1. The highest BCUT2D eigenvalue weighted by Gasteiger charge is 2.29. The van der Waals surface area contributed by atoms with Crippen molar-refractivity contribution in [2.75, 3.05) is 33.3 Å². The van der Waals surface area contributed by atoms with E-state index in [-0.39, 0.29) is 11.8 Å². The number of amides is 2. The minimum Gasteiger partial charge on any atom is -0.497 e. The topological polar surface area (TPSA) is 83.5 Å². The lowest BCUT2D eigenvalue weighted by molar-refractivity contribution is -0.141. The van der Waals surface area contributed by atoms with Gasteiger partial charge in [-0.25, -0.2) is 0 Å². The Morgan fingerprint density at radius 3 is 2.62 bits per heavy atom. The molecule has 1 atom stereocenters. The number of carbonyl (C=O) groups is 2. The second kappa shape index (κ2) is 9.66. The average Bonchev–Trinajstić information content (AvgIpc) is 3.48. The van der Waals surface area contributed by atoms with Crippen molar-refractivity contribution >= 4 is 35.4 Å². The average molecular weight is 472 g/mol. The summed E-state index contributed by atoms with van der Waals surface area (Å²) in [5, 5.41) is 9.09. The van der Waals surface area contributed by atoms with Crippen molar-refractivity contribution in [3.05, 3.63) is 52.1 Å². The molecule has 0 spiro atoms. The van der Waals surface area contributed by atoms with Gasteiger partial charge in [-0.2, -0.15) is 5.10 Å². The molecule has 0 radical (unpaired) electrons. The fraction of sp³-hybridized carbons (Fsp3) is 0.364. The van der Waals surface area contributed by atoms with Crippen LogP contribution in [0.1, 0.15) is 18.5 Å². The van der Waals surface area contributed by atoms with Crippen molar-refractivity contribution in [3.8, 4) is 16.5 Å². The van der Waals surface area contributed by atoms with Gasteiger partial charge in [0, 0.05) is 26.2 Å². The third-order valence-corrected chi connectivity index (χ3v) is 6.78. The van der Waals surface area contributed by atoms with Crippen molar-refractivity contribution in [1.29, 1.82) is 0 Å². The van der Waals surface area contributed by atoms with Gasteiger partial charge >= 0.3 is 0 Å². The second-order valence-electron chi connectivity index (χ2n) is 7.61. The smallest absolute Gasteiger partial charge is 0.245 e. The number of rotatable bonds is 6. The van der Waals surface area contributed by atoms with Gasteiger partial charge in [0.1, 0.15) is 11.8 Å². The molecule has 0 bridgehead atoms. The van der Waals surface area contributed by atoms with E-state index in [2.05, 4.69) is 10.2 Å². The van der Waals surface area contributed by atoms with Crippen LogP contribution in [0.5, 0.6) is 5.75 Å². The molecule has 2 amide bonds. The molecule has 1 unspecified atom stereocenters. The Kier molecular flexibility index (Phi) is 6.71. The number of nitrogens with zero attached hydrogens (tertiary/aromatic N) is 4. The molecule has 4 rings (SSSR count). The van der Waals surface area contributed by atoms with E-state index in [1.165, 1.54) is 0 Å². The number of piperazine rings is 1. The molecule has 1 aliphatic heterocycles. The molecule has 1 saturated heterocycles. The number of aromatic amines is 1. The first-order chi connectivity index (χ1) is 15.5. The van der Waals surface area contributed by atoms with Gasteiger partial charge in [-0.1, -0.05) is 18.2 Å². The van der Waals surface area contributed by atoms with Gasteiger partial charge in [-0.15, -0.1) is 11.3 Å². The van der Waals surface area contributed by atoms with Crippen LogP contribution in [0.25, 0.3) is 10.7 Å². The van der Waals surface area contributed by atoms with Gasteiger partial charge in [0.05, 0.1) is 18.4 Å². The van der Waals surface area contributed by atoms with Crippen molar-refractivity contribution in [3.63, 3.8) is 0 Å². The summed E-state index contributed by atoms with van der Waals surface area (Å²) in [6.45, 7) is 3.84. The number of H-pyrrole nitrogens is 1. The maximum atomic E-state index is 13.2. The second-order valence-corrected chi connectivity index (χ2v) is 8.94.